The molecule has 0 amide bonds. The summed E-state index contributed by atoms with van der Waals surface area (Å²) in [5, 5.41) is 0. The summed E-state index contributed by atoms with van der Waals surface area (Å²) in [6.45, 7) is 0. The quantitative estimate of drug-likeness (QED) is 0.251. The summed E-state index contributed by atoms with van der Waals surface area (Å²) < 4.78 is 0. The maximum Gasteiger partial charge on any atom is 0 e. The molecule has 0 aliphatic heterocycles. The molecule has 0 aromatic heterocycles. The Kier molecular flexibility index (Phi) is 559. The average Bonchev–Trinajstić information content (AvgIpc) is 0. The Hall–Kier alpha value is 6.29. The van der Waals surface area contributed by atoms with E-state index in [-0.39, 0.29) is 194 Å². The molecule has 0 atom stereocenters. The maximum absolute atomic E-state index is 0. The third kappa shape index (κ3) is 54.5. The van der Waals surface area contributed by atoms with Crippen molar-refractivity contribution < 1.29 is 142 Å². The molecule has 0 N–H and O–H groups in total. The molecule has 0 saturated heterocycles. The summed E-state index contributed by atoms with van der Waals surface area (Å²) in [6.07, 6.45) is 0. The van der Waals surface area contributed by atoms with E-state index in [2.05, 4.69) is 0 Å². The van der Waals surface area contributed by atoms with E-state index < -0.39 is 0 Å². The molecule has 0 heterocycles. The summed E-state index contributed by atoms with van der Waals surface area (Å²) in [7, 11) is 0. The van der Waals surface area contributed by atoms with Gasteiger partial charge in [0.05, 0.1) is 0 Å². The molecule has 0 aromatic rings. The first-order valence-corrected chi connectivity index (χ1v) is 0. The summed E-state index contributed by atoms with van der Waals surface area (Å²) in [5.74, 6) is 0. The van der Waals surface area contributed by atoms with Gasteiger partial charge in [0.1, 0.15) is 0 Å². The normalized spacial score (nSPS) is 0. The van der Waals surface area contributed by atoms with E-state index in [1.54, 1.807) is 0 Å². The molecule has 0 nitrogen and oxygen atoms in total. The molecular weight excluding hydrogens is 983 g/mol. The van der Waals surface area contributed by atoms with E-state index in [9.17, 15) is 0 Å². The van der Waals surface area contributed by atoms with E-state index in [0.29, 0.717) is 0 Å². The second-order valence-electron chi connectivity index (χ2n) is 0. The molecule has 0 fully saturated rings. The largest absolute Gasteiger partial charge is 0 e. The molecule has 0 aliphatic rings. The SMILES string of the molecule is [Ag].[Au].[Cd].[Cr].[Cu].[Ni].[PbH2].[SnH2].[Zn]. The van der Waals surface area contributed by atoms with Crippen LogP contribution in [-0.2, 0) is 142 Å². The molecular formula is H4AgAuCdCrCuNiPbSnZn. The molecule has 9 heavy (non-hydrogen) atoms. The van der Waals surface area contributed by atoms with Crippen LogP contribution in [0.1, 0.15) is 0 Å². The van der Waals surface area contributed by atoms with Gasteiger partial charge in [-0.05, 0) is 0 Å². The summed E-state index contributed by atoms with van der Waals surface area (Å²) in [6, 6.07) is 0. The van der Waals surface area contributed by atoms with Crippen molar-refractivity contribution in [2.75, 3.05) is 0 Å². The van der Waals surface area contributed by atoms with Crippen LogP contribution in [0, 0.1) is 0 Å². The second kappa shape index (κ2) is 63.8. The molecule has 0 rings (SSSR count). The Morgan fingerprint density at radius 2 is 1.00 bits per heavy atom. The van der Waals surface area contributed by atoms with E-state index in [1.807, 2.05) is 0 Å². The maximum atomic E-state index is 0. The third-order valence-electron chi connectivity index (χ3n) is 0. The number of hydrogen-bond acceptors (Lipinski definition) is 0. The minimum absolute atomic E-state index is 0. The van der Waals surface area contributed by atoms with Crippen LogP contribution in [0.5, 0.6) is 0 Å². The van der Waals surface area contributed by atoms with Crippen molar-refractivity contribution in [2.45, 2.75) is 0 Å². The molecule has 0 saturated carbocycles. The molecule has 0 spiro atoms. The first-order chi connectivity index (χ1) is 0. The molecule has 0 aromatic carbocycles. The van der Waals surface area contributed by atoms with Gasteiger partial charge in [-0.25, -0.2) is 0 Å². The zero-order chi connectivity index (χ0) is 0. The Bertz CT molecular complexity index is 28.5. The average molecular weight is 987 g/mol. The predicted octanol–water partition coefficient (Wildman–Crippen LogP) is -1.85. The van der Waals surface area contributed by atoms with Crippen molar-refractivity contribution in [3.8, 4) is 0 Å². The van der Waals surface area contributed by atoms with Crippen molar-refractivity contribution in [3.63, 3.8) is 0 Å². The fourth-order valence-corrected chi connectivity index (χ4v) is 0. The van der Waals surface area contributed by atoms with Gasteiger partial charge in [0.2, 0.25) is 0 Å². The van der Waals surface area contributed by atoms with Crippen LogP contribution < -0.4 is 0 Å². The van der Waals surface area contributed by atoms with Crippen LogP contribution >= 0.6 is 0 Å². The molecule has 0 aliphatic carbocycles. The van der Waals surface area contributed by atoms with Crippen molar-refractivity contribution in [1.29, 1.82) is 0 Å². The second-order valence-corrected chi connectivity index (χ2v) is 0. The summed E-state index contributed by atoms with van der Waals surface area (Å²) >= 11 is 0. The van der Waals surface area contributed by atoms with Crippen molar-refractivity contribution in [1.82, 2.24) is 0 Å². The number of hydrogen-bond donors (Lipinski definition) is 0. The van der Waals surface area contributed by atoms with E-state index in [0.717, 1.165) is 0 Å². The fourth-order valence-electron chi connectivity index (χ4n) is 0. The van der Waals surface area contributed by atoms with E-state index in [4.69, 9.17) is 0 Å². The van der Waals surface area contributed by atoms with Crippen LogP contribution in [0.15, 0.2) is 0 Å². The van der Waals surface area contributed by atoms with Crippen LogP contribution in [0.2, 0.25) is 0 Å². The Balaban J connectivity index is 0. The predicted molar refractivity (Wildman–Crippen MR) is 17.1 cm³/mol. The topological polar surface area (TPSA) is 0 Å². The van der Waals surface area contributed by atoms with Crippen LogP contribution in [-0.4, -0.2) is 51.2 Å². The van der Waals surface area contributed by atoms with Crippen LogP contribution in [0.25, 0.3) is 0 Å². The first kappa shape index (κ1) is 78.9. The van der Waals surface area contributed by atoms with Gasteiger partial charge >= 0.3 is 51.2 Å². The smallest absolute Gasteiger partial charge is 0 e. The van der Waals surface area contributed by atoms with Crippen molar-refractivity contribution >= 4 is 51.2 Å². The zero-order valence-corrected chi connectivity index (χ0v) is 27.8. The Morgan fingerprint density at radius 1 is 1.00 bits per heavy atom. The van der Waals surface area contributed by atoms with E-state index >= 15 is 0 Å². The number of rotatable bonds is 0. The minimum Gasteiger partial charge on any atom is 0 e. The Labute approximate surface area is 189 Å². The van der Waals surface area contributed by atoms with Crippen molar-refractivity contribution in [2.24, 2.45) is 0 Å². The fraction of sp³-hybridized carbons (Fsp3) is 0. The first-order valence-electron chi connectivity index (χ1n) is 0. The van der Waals surface area contributed by atoms with Gasteiger partial charge in [-0.1, -0.05) is 0 Å². The molecule has 65 valence electrons. The van der Waals surface area contributed by atoms with Gasteiger partial charge in [0, 0.05) is 142 Å². The van der Waals surface area contributed by atoms with Crippen molar-refractivity contribution in [3.05, 3.63) is 0 Å². The van der Waals surface area contributed by atoms with Gasteiger partial charge < -0.3 is 0 Å². The summed E-state index contributed by atoms with van der Waals surface area (Å²) in [4.78, 5) is 0. The van der Waals surface area contributed by atoms with Gasteiger partial charge in [-0.3, -0.25) is 0 Å². The van der Waals surface area contributed by atoms with Gasteiger partial charge in [0.25, 0.3) is 0 Å². The van der Waals surface area contributed by atoms with Gasteiger partial charge in [-0.2, -0.15) is 0 Å². The van der Waals surface area contributed by atoms with E-state index in [1.165, 1.54) is 0 Å². The van der Waals surface area contributed by atoms with Gasteiger partial charge in [0.15, 0.2) is 0 Å². The molecule has 0 unspecified atom stereocenters. The third-order valence-corrected chi connectivity index (χ3v) is 0. The van der Waals surface area contributed by atoms with Gasteiger partial charge in [-0.15, -0.1) is 0 Å². The monoisotopic (exact) mass is 986 g/mol. The summed E-state index contributed by atoms with van der Waals surface area (Å²) in [5.41, 5.74) is 0. The molecule has 0 bridgehead atoms. The zero-order valence-electron chi connectivity index (χ0n) is 4.46. The van der Waals surface area contributed by atoms with Crippen LogP contribution in [0.4, 0.5) is 0 Å². The van der Waals surface area contributed by atoms with Crippen LogP contribution in [0.3, 0.4) is 0 Å². The molecule has 9 heteroatoms. The molecule has 7 radical (unpaired) electrons. The Morgan fingerprint density at radius 3 is 1.00 bits per heavy atom. The minimum atomic E-state index is 0. The standard InChI is InChI=1S/Ag.Au.Cd.Cr.Cu.Ni.Pb.Sn.Zn.4H.